The second-order valence-corrected chi connectivity index (χ2v) is 7.90. The Morgan fingerprint density at radius 2 is 1.67 bits per heavy atom. The van der Waals surface area contributed by atoms with E-state index in [4.69, 9.17) is 0 Å². The van der Waals surface area contributed by atoms with Gasteiger partial charge in [-0.15, -0.1) is 0 Å². The van der Waals surface area contributed by atoms with Gasteiger partial charge in [0.05, 0.1) is 0 Å². The van der Waals surface area contributed by atoms with Crippen molar-refractivity contribution in [1.29, 1.82) is 0 Å². The number of benzene rings is 2. The van der Waals surface area contributed by atoms with E-state index in [9.17, 15) is 4.79 Å². The van der Waals surface area contributed by atoms with Crippen LogP contribution in [-0.4, -0.2) is 5.78 Å². The lowest BCUT2D eigenvalue weighted by Gasteiger charge is -2.30. The van der Waals surface area contributed by atoms with E-state index >= 15 is 0 Å². The summed E-state index contributed by atoms with van der Waals surface area (Å²) in [6.07, 6.45) is 8.14. The highest BCUT2D eigenvalue weighted by molar-refractivity contribution is 5.81. The molecule has 0 N–H and O–H groups in total. The Morgan fingerprint density at radius 3 is 2.19 bits per heavy atom. The van der Waals surface area contributed by atoms with Crippen molar-refractivity contribution in [1.82, 2.24) is 0 Å². The number of Topliss-reactive ketones (excluding diaryl/α,β-unsaturated/α-hetero) is 1. The number of nitrogens with zero attached hydrogens (tertiary/aromatic N) is 1. The van der Waals surface area contributed by atoms with Crippen molar-refractivity contribution < 1.29 is 4.79 Å². The summed E-state index contributed by atoms with van der Waals surface area (Å²) in [6, 6.07) is 19.3. The molecule has 0 heterocycles. The number of carbonyl (C=O) groups is 1. The molecule has 0 saturated carbocycles. The van der Waals surface area contributed by atoms with Crippen LogP contribution in [0.25, 0.3) is 0 Å². The van der Waals surface area contributed by atoms with E-state index in [1.807, 2.05) is 12.1 Å². The molecule has 1 unspecified atom stereocenters. The first-order valence-corrected chi connectivity index (χ1v) is 9.77. The Morgan fingerprint density at radius 1 is 1.04 bits per heavy atom. The third kappa shape index (κ3) is 4.21. The number of hydrogen-bond donors (Lipinski definition) is 0. The summed E-state index contributed by atoms with van der Waals surface area (Å²) in [5.74, 6) is 0.220. The lowest BCUT2D eigenvalue weighted by molar-refractivity contribution is -0.119. The molecule has 0 aliphatic heterocycles. The Balaban J connectivity index is 1.97. The van der Waals surface area contributed by atoms with Crippen LogP contribution >= 0.6 is 0 Å². The average molecular weight is 360 g/mol. The van der Waals surface area contributed by atoms with Gasteiger partial charge >= 0.3 is 0 Å². The molecule has 2 aromatic rings. The predicted octanol–water partition coefficient (Wildman–Crippen LogP) is 6.56. The second-order valence-electron chi connectivity index (χ2n) is 7.90. The highest BCUT2D eigenvalue weighted by Crippen LogP contribution is 2.35. The second kappa shape index (κ2) is 7.96. The van der Waals surface area contributed by atoms with E-state index in [1.54, 1.807) is 6.92 Å². The van der Waals surface area contributed by atoms with Crippen molar-refractivity contribution in [2.45, 2.75) is 46.0 Å². The molecule has 0 spiro atoms. The Kier molecular flexibility index (Phi) is 5.65. The van der Waals surface area contributed by atoms with E-state index in [1.165, 1.54) is 5.56 Å². The fourth-order valence-electron chi connectivity index (χ4n) is 3.37. The first-order chi connectivity index (χ1) is 12.9. The van der Waals surface area contributed by atoms with Crippen molar-refractivity contribution in [3.05, 3.63) is 84.1 Å². The van der Waals surface area contributed by atoms with Crippen LogP contribution in [0.3, 0.4) is 0 Å². The molecule has 0 amide bonds. The Labute approximate surface area is 163 Å². The molecule has 0 radical (unpaired) electrons. The molecule has 0 fully saturated rings. The van der Waals surface area contributed by atoms with E-state index < -0.39 is 0 Å². The summed E-state index contributed by atoms with van der Waals surface area (Å²) >= 11 is 0. The summed E-state index contributed by atoms with van der Waals surface area (Å²) in [6.45, 7) is 8.46. The number of hydrogen-bond acceptors (Lipinski definition) is 2. The van der Waals surface area contributed by atoms with Crippen LogP contribution in [0.15, 0.2) is 78.5 Å². The van der Waals surface area contributed by atoms with Crippen molar-refractivity contribution in [3.8, 4) is 0 Å². The molecule has 0 bridgehead atoms. The first kappa shape index (κ1) is 19.2. The summed E-state index contributed by atoms with van der Waals surface area (Å²) < 4.78 is 0. The van der Waals surface area contributed by atoms with E-state index in [0.717, 1.165) is 29.9 Å². The maximum atomic E-state index is 11.7. The normalized spacial score (nSPS) is 16.7. The molecular weight excluding hydrogens is 330 g/mol. The molecule has 27 heavy (non-hydrogen) atoms. The minimum atomic E-state index is -0.000831. The molecule has 2 nitrogen and oxygen atoms in total. The van der Waals surface area contributed by atoms with Gasteiger partial charge in [0.15, 0.2) is 0 Å². The zero-order chi connectivity index (χ0) is 19.4. The van der Waals surface area contributed by atoms with Gasteiger partial charge in [-0.2, -0.15) is 0 Å². The molecule has 3 rings (SSSR count). The lowest BCUT2D eigenvalue weighted by Crippen LogP contribution is -2.20. The number of para-hydroxylation sites is 1. The van der Waals surface area contributed by atoms with Crippen LogP contribution in [-0.2, 0) is 10.2 Å². The molecular formula is C25H29NO. The Hall–Kier alpha value is -2.61. The van der Waals surface area contributed by atoms with Gasteiger partial charge in [-0.1, -0.05) is 63.3 Å². The highest BCUT2D eigenvalue weighted by atomic mass is 16.1. The minimum Gasteiger partial charge on any atom is -0.311 e. The third-order valence-corrected chi connectivity index (χ3v) is 5.67. The number of anilines is 2. The van der Waals surface area contributed by atoms with Crippen LogP contribution in [0.1, 0.15) is 46.1 Å². The van der Waals surface area contributed by atoms with Crippen LogP contribution in [0.2, 0.25) is 0 Å². The molecule has 1 aliphatic rings. The molecule has 2 aromatic carbocycles. The van der Waals surface area contributed by atoms with Gasteiger partial charge in [0.1, 0.15) is 5.78 Å². The zero-order valence-corrected chi connectivity index (χ0v) is 16.8. The quantitative estimate of drug-likeness (QED) is 0.582. The van der Waals surface area contributed by atoms with Crippen molar-refractivity contribution in [2.75, 3.05) is 4.90 Å². The van der Waals surface area contributed by atoms with Crippen molar-refractivity contribution in [2.24, 2.45) is 5.92 Å². The third-order valence-electron chi connectivity index (χ3n) is 5.67. The van der Waals surface area contributed by atoms with Gasteiger partial charge in [-0.3, -0.25) is 4.79 Å². The molecule has 0 aromatic heterocycles. The molecule has 1 atom stereocenters. The highest BCUT2D eigenvalue weighted by Gasteiger charge is 2.21. The number of allylic oxidation sites excluding steroid dienone is 3. The van der Waals surface area contributed by atoms with Gasteiger partial charge in [0, 0.05) is 23.0 Å². The largest absolute Gasteiger partial charge is 0.311 e. The average Bonchev–Trinajstić information content (AvgIpc) is 2.70. The SMILES string of the molecule is CCC(C)(C)c1ccc(N(C2=CCC(C(C)=O)C=C2)c2ccccc2)cc1. The van der Waals surface area contributed by atoms with Crippen LogP contribution in [0.5, 0.6) is 0 Å². The van der Waals surface area contributed by atoms with E-state index in [0.29, 0.717) is 0 Å². The maximum absolute atomic E-state index is 11.7. The summed E-state index contributed by atoms with van der Waals surface area (Å²) in [7, 11) is 0. The van der Waals surface area contributed by atoms with Crippen molar-refractivity contribution in [3.63, 3.8) is 0 Å². The summed E-state index contributed by atoms with van der Waals surface area (Å²) in [5, 5.41) is 0. The summed E-state index contributed by atoms with van der Waals surface area (Å²) in [5.41, 5.74) is 4.90. The van der Waals surface area contributed by atoms with Gasteiger partial charge in [-0.25, -0.2) is 0 Å². The van der Waals surface area contributed by atoms with E-state index in [-0.39, 0.29) is 17.1 Å². The predicted molar refractivity (Wildman–Crippen MR) is 114 cm³/mol. The molecule has 0 saturated heterocycles. The zero-order valence-electron chi connectivity index (χ0n) is 16.8. The number of carbonyl (C=O) groups excluding carboxylic acids is 1. The summed E-state index contributed by atoms with van der Waals surface area (Å²) in [4.78, 5) is 13.9. The number of rotatable bonds is 6. The maximum Gasteiger partial charge on any atom is 0.136 e. The molecule has 2 heteroatoms. The van der Waals surface area contributed by atoms with Gasteiger partial charge in [0.25, 0.3) is 0 Å². The van der Waals surface area contributed by atoms with Crippen LogP contribution in [0, 0.1) is 5.92 Å². The number of ketones is 1. The fraction of sp³-hybridized carbons (Fsp3) is 0.320. The monoisotopic (exact) mass is 359 g/mol. The van der Waals surface area contributed by atoms with E-state index in [2.05, 4.69) is 86.4 Å². The minimum absolute atomic E-state index is 0.000831. The lowest BCUT2D eigenvalue weighted by atomic mass is 9.82. The van der Waals surface area contributed by atoms with Crippen molar-refractivity contribution >= 4 is 17.2 Å². The van der Waals surface area contributed by atoms with Gasteiger partial charge < -0.3 is 4.90 Å². The van der Waals surface area contributed by atoms with Gasteiger partial charge in [-0.05, 0) is 61.1 Å². The molecule has 1 aliphatic carbocycles. The topological polar surface area (TPSA) is 20.3 Å². The fourth-order valence-corrected chi connectivity index (χ4v) is 3.37. The van der Waals surface area contributed by atoms with Crippen LogP contribution < -0.4 is 4.90 Å². The first-order valence-electron chi connectivity index (χ1n) is 9.77. The van der Waals surface area contributed by atoms with Crippen LogP contribution in [0.4, 0.5) is 11.4 Å². The smallest absolute Gasteiger partial charge is 0.136 e. The van der Waals surface area contributed by atoms with Gasteiger partial charge in [0.2, 0.25) is 0 Å². The Bertz CT molecular complexity index is 844. The standard InChI is InChI=1S/C25H29NO/c1-5-25(3,4)21-13-17-24(18-14-21)26(22-9-7-6-8-10-22)23-15-11-20(12-16-23)19(2)27/h6-11,13-18,20H,5,12H2,1-4H3. The molecule has 140 valence electrons.